The summed E-state index contributed by atoms with van der Waals surface area (Å²) in [6.45, 7) is 0.519. The zero-order chi connectivity index (χ0) is 14.5. The van der Waals surface area contributed by atoms with E-state index in [0.29, 0.717) is 6.54 Å². The van der Waals surface area contributed by atoms with Gasteiger partial charge in [-0.05, 0) is 29.8 Å². The van der Waals surface area contributed by atoms with Crippen LogP contribution in [0.2, 0.25) is 0 Å². The average molecular weight is 296 g/mol. The summed E-state index contributed by atoms with van der Waals surface area (Å²) in [4.78, 5) is 6.36. The van der Waals surface area contributed by atoms with Crippen LogP contribution in [0.5, 0.6) is 0 Å². The molecule has 0 aliphatic carbocycles. The van der Waals surface area contributed by atoms with Crippen LogP contribution < -0.4 is 0 Å². The van der Waals surface area contributed by atoms with Crippen molar-refractivity contribution in [3.63, 3.8) is 0 Å². The van der Waals surface area contributed by atoms with Gasteiger partial charge in [-0.1, -0.05) is 42.1 Å². The van der Waals surface area contributed by atoms with Gasteiger partial charge in [0.05, 0.1) is 19.0 Å². The Morgan fingerprint density at radius 3 is 2.38 bits per heavy atom. The molecule has 106 valence electrons. The lowest BCUT2D eigenvalue weighted by Gasteiger charge is -2.12. The van der Waals surface area contributed by atoms with Crippen molar-refractivity contribution in [1.29, 1.82) is 0 Å². The number of hydrogen-bond donors (Lipinski definition) is 1. The highest BCUT2D eigenvalue weighted by Gasteiger charge is 2.08. The Morgan fingerprint density at radius 2 is 1.71 bits per heavy atom. The zero-order valence-corrected chi connectivity index (χ0v) is 12.3. The molecule has 0 spiro atoms. The molecule has 1 heterocycles. The largest absolute Gasteiger partial charge is 0.387 e. The van der Waals surface area contributed by atoms with E-state index in [1.54, 1.807) is 24.3 Å². The molecule has 0 aliphatic rings. The molecule has 0 radical (unpaired) electrons. The van der Waals surface area contributed by atoms with Gasteiger partial charge in [0.2, 0.25) is 0 Å². The number of hydrogen-bond acceptors (Lipinski definition) is 3. The summed E-state index contributed by atoms with van der Waals surface area (Å²) in [5.74, 6) is 0. The van der Waals surface area contributed by atoms with Gasteiger partial charge >= 0.3 is 0 Å². The zero-order valence-electron chi connectivity index (χ0n) is 11.5. The molecule has 4 heteroatoms. The normalized spacial score (nSPS) is 12.2. The Bertz CT molecular complexity index is 666. The second kappa shape index (κ2) is 6.61. The third-order valence-corrected chi connectivity index (χ3v) is 4.20. The van der Waals surface area contributed by atoms with Crippen LogP contribution in [0.15, 0.2) is 83.1 Å². The van der Waals surface area contributed by atoms with Gasteiger partial charge in [-0.2, -0.15) is 0 Å². The fourth-order valence-electron chi connectivity index (χ4n) is 2.08. The van der Waals surface area contributed by atoms with Crippen LogP contribution >= 0.6 is 11.8 Å². The van der Waals surface area contributed by atoms with Crippen molar-refractivity contribution in [3.8, 4) is 0 Å². The summed E-state index contributed by atoms with van der Waals surface area (Å²) in [5, 5.41) is 10.2. The summed E-state index contributed by atoms with van der Waals surface area (Å²) in [7, 11) is 0. The van der Waals surface area contributed by atoms with E-state index in [-0.39, 0.29) is 0 Å². The van der Waals surface area contributed by atoms with Gasteiger partial charge in [0.25, 0.3) is 0 Å². The SMILES string of the molecule is OC(Cn1ccnc1)c1ccc(Sc2ccccc2)cc1. The number of imidazole rings is 1. The first-order valence-electron chi connectivity index (χ1n) is 6.78. The third kappa shape index (κ3) is 3.74. The highest BCUT2D eigenvalue weighted by Crippen LogP contribution is 2.28. The van der Waals surface area contributed by atoms with Gasteiger partial charge in [-0.15, -0.1) is 0 Å². The molecule has 0 aliphatic heterocycles. The number of aliphatic hydroxyl groups is 1. The molecule has 0 amide bonds. The van der Waals surface area contributed by atoms with Crippen LogP contribution in [0.25, 0.3) is 0 Å². The summed E-state index contributed by atoms with van der Waals surface area (Å²) in [6.07, 6.45) is 4.76. The first-order valence-corrected chi connectivity index (χ1v) is 7.59. The predicted molar refractivity (Wildman–Crippen MR) is 84.2 cm³/mol. The van der Waals surface area contributed by atoms with Gasteiger partial charge in [0.1, 0.15) is 0 Å². The molecule has 0 bridgehead atoms. The van der Waals surface area contributed by atoms with E-state index in [9.17, 15) is 5.11 Å². The number of rotatable bonds is 5. The minimum atomic E-state index is -0.519. The first kappa shape index (κ1) is 13.9. The summed E-state index contributed by atoms with van der Waals surface area (Å²) in [6, 6.07) is 18.3. The van der Waals surface area contributed by atoms with Gasteiger partial charge in [-0.25, -0.2) is 4.98 Å². The first-order chi connectivity index (χ1) is 10.3. The Kier molecular flexibility index (Phi) is 4.38. The monoisotopic (exact) mass is 296 g/mol. The molecule has 0 fully saturated rings. The topological polar surface area (TPSA) is 38.0 Å². The molecular formula is C17H16N2OS. The maximum absolute atomic E-state index is 10.2. The third-order valence-electron chi connectivity index (χ3n) is 3.19. The van der Waals surface area contributed by atoms with E-state index in [0.717, 1.165) is 5.56 Å². The van der Waals surface area contributed by atoms with Crippen molar-refractivity contribution >= 4 is 11.8 Å². The maximum Gasteiger partial charge on any atom is 0.0969 e. The average Bonchev–Trinajstić information content (AvgIpc) is 3.02. The van der Waals surface area contributed by atoms with Crippen molar-refractivity contribution in [2.45, 2.75) is 22.4 Å². The second-order valence-electron chi connectivity index (χ2n) is 4.76. The molecule has 0 saturated carbocycles. The Balaban J connectivity index is 1.66. The predicted octanol–water partition coefficient (Wildman–Crippen LogP) is 3.77. The smallest absolute Gasteiger partial charge is 0.0969 e. The number of aromatic nitrogens is 2. The summed E-state index contributed by atoms with van der Waals surface area (Å²) in [5.41, 5.74) is 0.918. The highest BCUT2D eigenvalue weighted by atomic mass is 32.2. The van der Waals surface area contributed by atoms with E-state index in [4.69, 9.17) is 0 Å². The molecule has 3 rings (SSSR count). The number of nitrogens with zero attached hydrogens (tertiary/aromatic N) is 2. The minimum absolute atomic E-state index is 0.519. The molecule has 3 nitrogen and oxygen atoms in total. The van der Waals surface area contributed by atoms with Crippen molar-refractivity contribution in [2.24, 2.45) is 0 Å². The number of aliphatic hydroxyl groups excluding tert-OH is 1. The fraction of sp³-hybridized carbons (Fsp3) is 0.118. The molecule has 1 aromatic heterocycles. The summed E-state index contributed by atoms with van der Waals surface area (Å²) < 4.78 is 1.87. The number of benzene rings is 2. The van der Waals surface area contributed by atoms with Crippen molar-refractivity contribution in [2.75, 3.05) is 0 Å². The molecule has 21 heavy (non-hydrogen) atoms. The van der Waals surface area contributed by atoms with E-state index >= 15 is 0 Å². The van der Waals surface area contributed by atoms with Crippen LogP contribution in [-0.2, 0) is 6.54 Å². The van der Waals surface area contributed by atoms with Crippen LogP contribution in [0.4, 0.5) is 0 Å². The fourth-order valence-corrected chi connectivity index (χ4v) is 2.92. The molecule has 1 unspecified atom stereocenters. The molecule has 3 aromatic rings. The molecular weight excluding hydrogens is 280 g/mol. The highest BCUT2D eigenvalue weighted by molar-refractivity contribution is 7.99. The summed E-state index contributed by atoms with van der Waals surface area (Å²) >= 11 is 1.72. The molecule has 2 aromatic carbocycles. The molecule has 0 saturated heterocycles. The van der Waals surface area contributed by atoms with E-state index in [2.05, 4.69) is 17.1 Å². The second-order valence-corrected chi connectivity index (χ2v) is 5.91. The lowest BCUT2D eigenvalue weighted by atomic mass is 10.1. The van der Waals surface area contributed by atoms with Crippen LogP contribution in [0.3, 0.4) is 0 Å². The van der Waals surface area contributed by atoms with Crippen LogP contribution in [0.1, 0.15) is 11.7 Å². The van der Waals surface area contributed by atoms with E-state index in [1.165, 1.54) is 9.79 Å². The quantitative estimate of drug-likeness (QED) is 0.779. The van der Waals surface area contributed by atoms with Crippen LogP contribution in [0, 0.1) is 0 Å². The Morgan fingerprint density at radius 1 is 1.00 bits per heavy atom. The lowest BCUT2D eigenvalue weighted by Crippen LogP contribution is -2.06. The molecule has 1 atom stereocenters. The van der Waals surface area contributed by atoms with E-state index < -0.39 is 6.10 Å². The van der Waals surface area contributed by atoms with Crippen molar-refractivity contribution in [1.82, 2.24) is 9.55 Å². The van der Waals surface area contributed by atoms with Crippen molar-refractivity contribution in [3.05, 3.63) is 78.9 Å². The van der Waals surface area contributed by atoms with Gasteiger partial charge in [-0.3, -0.25) is 0 Å². The standard InChI is InChI=1S/C17H16N2OS/c20-17(12-19-11-10-18-13-19)14-6-8-16(9-7-14)21-15-4-2-1-3-5-15/h1-11,13,17,20H,12H2. The van der Waals surface area contributed by atoms with Crippen LogP contribution in [-0.4, -0.2) is 14.7 Å². The van der Waals surface area contributed by atoms with Gasteiger partial charge < -0.3 is 9.67 Å². The van der Waals surface area contributed by atoms with Crippen molar-refractivity contribution < 1.29 is 5.11 Å². The molecule has 1 N–H and O–H groups in total. The minimum Gasteiger partial charge on any atom is -0.387 e. The van der Waals surface area contributed by atoms with E-state index in [1.807, 2.05) is 53.2 Å². The maximum atomic E-state index is 10.2. The Hall–Kier alpha value is -2.04. The Labute approximate surface area is 128 Å². The van der Waals surface area contributed by atoms with Gasteiger partial charge in [0.15, 0.2) is 0 Å². The van der Waals surface area contributed by atoms with Gasteiger partial charge in [0, 0.05) is 22.2 Å². The lowest BCUT2D eigenvalue weighted by molar-refractivity contribution is 0.156.